The zero-order chi connectivity index (χ0) is 15.9. The lowest BCUT2D eigenvalue weighted by molar-refractivity contribution is -0.120. The molecule has 3 heteroatoms. The van der Waals surface area contributed by atoms with Gasteiger partial charge < -0.3 is 10.4 Å². The lowest BCUT2D eigenvalue weighted by Gasteiger charge is -2.25. The van der Waals surface area contributed by atoms with Gasteiger partial charge in [-0.3, -0.25) is 4.79 Å². The molecule has 0 bridgehead atoms. The van der Waals surface area contributed by atoms with Gasteiger partial charge in [0.05, 0.1) is 12.5 Å². The zero-order valence-corrected chi connectivity index (χ0v) is 13.8. The van der Waals surface area contributed by atoms with Gasteiger partial charge in [0, 0.05) is 6.54 Å². The van der Waals surface area contributed by atoms with Gasteiger partial charge in [-0.25, -0.2) is 0 Å². The van der Waals surface area contributed by atoms with Crippen molar-refractivity contribution in [2.45, 2.75) is 58.5 Å². The Labute approximate surface area is 134 Å². The molecular weight excluding hydrogens is 274 g/mol. The summed E-state index contributed by atoms with van der Waals surface area (Å²) in [6.45, 7) is 5.12. The Balaban J connectivity index is 1.74. The fraction of sp³-hybridized carbons (Fsp3) is 0.632. The molecule has 1 aliphatic rings. The van der Waals surface area contributed by atoms with E-state index in [9.17, 15) is 9.90 Å². The molecule has 2 unspecified atom stereocenters. The molecule has 3 nitrogen and oxygen atoms in total. The van der Waals surface area contributed by atoms with Crippen molar-refractivity contribution in [2.75, 3.05) is 6.54 Å². The minimum Gasteiger partial charge on any atom is -0.393 e. The Morgan fingerprint density at radius 3 is 2.55 bits per heavy atom. The van der Waals surface area contributed by atoms with Gasteiger partial charge in [0.15, 0.2) is 0 Å². The molecule has 122 valence electrons. The van der Waals surface area contributed by atoms with E-state index in [2.05, 4.69) is 43.4 Å². The second-order valence-electron chi connectivity index (χ2n) is 7.08. The minimum atomic E-state index is -0.177. The molecule has 1 aromatic carbocycles. The molecule has 0 spiro atoms. The van der Waals surface area contributed by atoms with Gasteiger partial charge in [-0.05, 0) is 48.6 Å². The van der Waals surface area contributed by atoms with E-state index in [1.807, 2.05) is 0 Å². The molecule has 2 atom stereocenters. The Morgan fingerprint density at radius 2 is 1.91 bits per heavy atom. The van der Waals surface area contributed by atoms with Crippen LogP contribution in [0, 0.1) is 11.8 Å². The van der Waals surface area contributed by atoms with Crippen LogP contribution in [0.2, 0.25) is 0 Å². The lowest BCUT2D eigenvalue weighted by atomic mass is 9.87. The summed E-state index contributed by atoms with van der Waals surface area (Å²) in [5, 5.41) is 12.7. The highest BCUT2D eigenvalue weighted by Gasteiger charge is 2.20. The summed E-state index contributed by atoms with van der Waals surface area (Å²) in [6, 6.07) is 8.36. The first-order valence-electron chi connectivity index (χ1n) is 8.55. The number of benzene rings is 1. The molecule has 1 aromatic rings. The molecule has 2 N–H and O–H groups in total. The van der Waals surface area contributed by atoms with Gasteiger partial charge >= 0.3 is 0 Å². The Bertz CT molecular complexity index is 467. The summed E-state index contributed by atoms with van der Waals surface area (Å²) in [7, 11) is 0. The largest absolute Gasteiger partial charge is 0.393 e. The van der Waals surface area contributed by atoms with Crippen molar-refractivity contribution in [3.05, 3.63) is 35.4 Å². The standard InChI is InChI=1S/C19H29NO2/c1-14(2)10-15-6-8-16(9-7-15)12-19(22)20-13-17-4-3-5-18(21)11-17/h6-9,14,17-18,21H,3-5,10-13H2,1-2H3,(H,20,22). The molecule has 1 saturated carbocycles. The summed E-state index contributed by atoms with van der Waals surface area (Å²) in [5.74, 6) is 1.16. The number of hydrogen-bond acceptors (Lipinski definition) is 2. The average Bonchev–Trinajstić information content (AvgIpc) is 2.47. The molecule has 1 aliphatic carbocycles. The third-order valence-electron chi connectivity index (χ3n) is 4.37. The van der Waals surface area contributed by atoms with E-state index in [1.165, 1.54) is 5.56 Å². The Kier molecular flexibility index (Phi) is 6.44. The normalized spacial score (nSPS) is 21.8. The van der Waals surface area contributed by atoms with E-state index in [0.717, 1.165) is 37.7 Å². The number of carbonyl (C=O) groups excluding carboxylic acids is 1. The fourth-order valence-electron chi connectivity index (χ4n) is 3.22. The number of rotatable bonds is 6. The summed E-state index contributed by atoms with van der Waals surface area (Å²) in [4.78, 5) is 12.0. The predicted molar refractivity (Wildman–Crippen MR) is 89.7 cm³/mol. The second-order valence-corrected chi connectivity index (χ2v) is 7.08. The smallest absolute Gasteiger partial charge is 0.224 e. The number of carbonyl (C=O) groups is 1. The fourth-order valence-corrected chi connectivity index (χ4v) is 3.22. The highest BCUT2D eigenvalue weighted by Crippen LogP contribution is 2.23. The van der Waals surface area contributed by atoms with Crippen molar-refractivity contribution < 1.29 is 9.90 Å². The van der Waals surface area contributed by atoms with Crippen molar-refractivity contribution in [3.63, 3.8) is 0 Å². The summed E-state index contributed by atoms with van der Waals surface area (Å²) in [5.41, 5.74) is 2.39. The van der Waals surface area contributed by atoms with Crippen LogP contribution in [0.5, 0.6) is 0 Å². The van der Waals surface area contributed by atoms with Crippen LogP contribution in [0.25, 0.3) is 0 Å². The van der Waals surface area contributed by atoms with Crippen LogP contribution in [0.4, 0.5) is 0 Å². The van der Waals surface area contributed by atoms with E-state index in [0.29, 0.717) is 24.8 Å². The number of amides is 1. The Hall–Kier alpha value is -1.35. The second kappa shape index (κ2) is 8.33. The monoisotopic (exact) mass is 303 g/mol. The van der Waals surface area contributed by atoms with E-state index in [1.54, 1.807) is 0 Å². The topological polar surface area (TPSA) is 49.3 Å². The van der Waals surface area contributed by atoms with Gasteiger partial charge in [-0.15, -0.1) is 0 Å². The average molecular weight is 303 g/mol. The molecule has 0 heterocycles. The first kappa shape index (κ1) is 17.0. The molecule has 0 saturated heterocycles. The van der Waals surface area contributed by atoms with E-state index >= 15 is 0 Å². The van der Waals surface area contributed by atoms with Gasteiger partial charge in [0.1, 0.15) is 0 Å². The van der Waals surface area contributed by atoms with Crippen molar-refractivity contribution in [1.29, 1.82) is 0 Å². The maximum atomic E-state index is 12.0. The van der Waals surface area contributed by atoms with Gasteiger partial charge in [-0.1, -0.05) is 44.5 Å². The summed E-state index contributed by atoms with van der Waals surface area (Å²) in [6.07, 6.45) is 5.26. The molecule has 2 rings (SSSR count). The van der Waals surface area contributed by atoms with Gasteiger partial charge in [0.25, 0.3) is 0 Å². The predicted octanol–water partition coefficient (Wildman–Crippen LogP) is 3.09. The minimum absolute atomic E-state index is 0.0803. The Morgan fingerprint density at radius 1 is 1.23 bits per heavy atom. The number of hydrogen-bond donors (Lipinski definition) is 2. The molecule has 22 heavy (non-hydrogen) atoms. The number of aliphatic hydroxyl groups excluding tert-OH is 1. The van der Waals surface area contributed by atoms with E-state index < -0.39 is 0 Å². The van der Waals surface area contributed by atoms with Crippen LogP contribution in [0.1, 0.15) is 50.7 Å². The molecule has 0 aromatic heterocycles. The van der Waals surface area contributed by atoms with Crippen LogP contribution in [0.3, 0.4) is 0 Å². The van der Waals surface area contributed by atoms with E-state index in [4.69, 9.17) is 0 Å². The maximum absolute atomic E-state index is 12.0. The van der Waals surface area contributed by atoms with Crippen molar-refractivity contribution in [3.8, 4) is 0 Å². The number of nitrogens with one attached hydrogen (secondary N) is 1. The highest BCUT2D eigenvalue weighted by molar-refractivity contribution is 5.78. The van der Waals surface area contributed by atoms with Crippen LogP contribution in [-0.2, 0) is 17.6 Å². The van der Waals surface area contributed by atoms with Crippen LogP contribution in [0.15, 0.2) is 24.3 Å². The molecule has 1 fully saturated rings. The molecule has 1 amide bonds. The highest BCUT2D eigenvalue weighted by atomic mass is 16.3. The van der Waals surface area contributed by atoms with E-state index in [-0.39, 0.29) is 12.0 Å². The van der Waals surface area contributed by atoms with Crippen molar-refractivity contribution in [2.24, 2.45) is 11.8 Å². The SMILES string of the molecule is CC(C)Cc1ccc(CC(=O)NCC2CCCC(O)C2)cc1. The van der Waals surface area contributed by atoms with Crippen LogP contribution < -0.4 is 5.32 Å². The maximum Gasteiger partial charge on any atom is 0.224 e. The number of aliphatic hydroxyl groups is 1. The molecular formula is C19H29NO2. The summed E-state index contributed by atoms with van der Waals surface area (Å²) >= 11 is 0. The molecule has 0 radical (unpaired) electrons. The van der Waals surface area contributed by atoms with Crippen molar-refractivity contribution in [1.82, 2.24) is 5.32 Å². The first-order valence-corrected chi connectivity index (χ1v) is 8.55. The van der Waals surface area contributed by atoms with Crippen LogP contribution in [-0.4, -0.2) is 23.7 Å². The summed E-state index contributed by atoms with van der Waals surface area (Å²) < 4.78 is 0. The lowest BCUT2D eigenvalue weighted by Crippen LogP contribution is -2.33. The third-order valence-corrected chi connectivity index (χ3v) is 4.37. The zero-order valence-electron chi connectivity index (χ0n) is 13.8. The quantitative estimate of drug-likeness (QED) is 0.848. The molecule has 0 aliphatic heterocycles. The van der Waals surface area contributed by atoms with Crippen LogP contribution >= 0.6 is 0 Å². The van der Waals surface area contributed by atoms with Gasteiger partial charge in [0.2, 0.25) is 5.91 Å². The third kappa shape index (κ3) is 5.80. The van der Waals surface area contributed by atoms with Gasteiger partial charge in [-0.2, -0.15) is 0 Å². The van der Waals surface area contributed by atoms with Crippen molar-refractivity contribution >= 4 is 5.91 Å². The first-order chi connectivity index (χ1) is 10.5.